The summed E-state index contributed by atoms with van der Waals surface area (Å²) >= 11 is 0. The average Bonchev–Trinajstić information content (AvgIpc) is 2.68. The summed E-state index contributed by atoms with van der Waals surface area (Å²) in [6.07, 6.45) is 3.93. The largest absolute Gasteiger partial charge is 0.360 e. The Bertz CT molecular complexity index is 1130. The van der Waals surface area contributed by atoms with E-state index in [9.17, 15) is 10.1 Å². The maximum Gasteiger partial charge on any atom is 0.266 e. The van der Waals surface area contributed by atoms with E-state index in [-0.39, 0.29) is 11.1 Å². The molecule has 0 radical (unpaired) electrons. The van der Waals surface area contributed by atoms with Gasteiger partial charge in [-0.25, -0.2) is 0 Å². The smallest absolute Gasteiger partial charge is 0.266 e. The third kappa shape index (κ3) is 4.56. The van der Waals surface area contributed by atoms with E-state index in [0.717, 1.165) is 22.3 Å². The first kappa shape index (κ1) is 22.4. The minimum Gasteiger partial charge on any atom is -0.360 e. The van der Waals surface area contributed by atoms with Crippen molar-refractivity contribution in [2.24, 2.45) is 0 Å². The van der Waals surface area contributed by atoms with Crippen molar-refractivity contribution in [2.75, 3.05) is 10.2 Å². The Morgan fingerprint density at radius 1 is 1.10 bits per heavy atom. The molecule has 0 fully saturated rings. The Kier molecular flexibility index (Phi) is 6.08. The summed E-state index contributed by atoms with van der Waals surface area (Å²) in [5.41, 5.74) is 7.28. The van der Waals surface area contributed by atoms with Crippen LogP contribution in [0.25, 0.3) is 11.6 Å². The molecular formula is C27H31N3O. The molecule has 2 aromatic carbocycles. The SMILES string of the molecule is CC1=CC(C)(C)N(C(C)C)c2ccc(/C=C(/C#N)C(=O)Nc3ccc(C)c(C)c3)cc21. The maximum atomic E-state index is 12.7. The van der Waals surface area contributed by atoms with Gasteiger partial charge in [0.1, 0.15) is 11.6 Å². The fraction of sp³-hybridized carbons (Fsp3) is 0.333. The number of benzene rings is 2. The van der Waals surface area contributed by atoms with E-state index in [1.165, 1.54) is 11.3 Å². The van der Waals surface area contributed by atoms with Gasteiger partial charge in [0.2, 0.25) is 0 Å². The summed E-state index contributed by atoms with van der Waals surface area (Å²) in [5, 5.41) is 12.4. The van der Waals surface area contributed by atoms with Gasteiger partial charge < -0.3 is 10.2 Å². The van der Waals surface area contributed by atoms with Crippen LogP contribution in [0.2, 0.25) is 0 Å². The molecule has 3 rings (SSSR count). The fourth-order valence-electron chi connectivity index (χ4n) is 4.43. The van der Waals surface area contributed by atoms with E-state index in [0.29, 0.717) is 11.7 Å². The number of aryl methyl sites for hydroxylation is 2. The number of carbonyl (C=O) groups is 1. The Morgan fingerprint density at radius 2 is 1.81 bits per heavy atom. The number of amides is 1. The molecule has 0 saturated carbocycles. The van der Waals surface area contributed by atoms with Gasteiger partial charge in [-0.05, 0) is 101 Å². The predicted octanol–water partition coefficient (Wildman–Crippen LogP) is 6.26. The van der Waals surface area contributed by atoms with E-state index >= 15 is 0 Å². The third-order valence-corrected chi connectivity index (χ3v) is 5.85. The lowest BCUT2D eigenvalue weighted by Crippen LogP contribution is -2.49. The number of hydrogen-bond donors (Lipinski definition) is 1. The Morgan fingerprint density at radius 3 is 2.42 bits per heavy atom. The van der Waals surface area contributed by atoms with Gasteiger partial charge in [-0.3, -0.25) is 4.79 Å². The van der Waals surface area contributed by atoms with Gasteiger partial charge in [0.15, 0.2) is 0 Å². The lowest BCUT2D eigenvalue weighted by Gasteiger charge is -2.46. The van der Waals surface area contributed by atoms with Crippen LogP contribution in [0.15, 0.2) is 48.0 Å². The monoisotopic (exact) mass is 413 g/mol. The van der Waals surface area contributed by atoms with Gasteiger partial charge >= 0.3 is 0 Å². The van der Waals surface area contributed by atoms with Gasteiger partial charge in [-0.15, -0.1) is 0 Å². The molecule has 1 aliphatic heterocycles. The molecule has 4 heteroatoms. The lowest BCUT2D eigenvalue weighted by atomic mass is 9.87. The number of allylic oxidation sites excluding steroid dienone is 1. The van der Waals surface area contributed by atoms with Crippen molar-refractivity contribution in [1.29, 1.82) is 5.26 Å². The van der Waals surface area contributed by atoms with Crippen molar-refractivity contribution in [3.63, 3.8) is 0 Å². The van der Waals surface area contributed by atoms with Crippen molar-refractivity contribution in [3.8, 4) is 6.07 Å². The summed E-state index contributed by atoms with van der Waals surface area (Å²) in [7, 11) is 0. The van der Waals surface area contributed by atoms with Crippen LogP contribution in [0.5, 0.6) is 0 Å². The number of hydrogen-bond acceptors (Lipinski definition) is 3. The highest BCUT2D eigenvalue weighted by Crippen LogP contribution is 2.40. The van der Waals surface area contributed by atoms with Crippen LogP contribution in [0.4, 0.5) is 11.4 Å². The summed E-state index contributed by atoms with van der Waals surface area (Å²) in [6.45, 7) is 15.0. The lowest BCUT2D eigenvalue weighted by molar-refractivity contribution is -0.112. The number of anilines is 2. The molecule has 160 valence electrons. The molecule has 0 aromatic heterocycles. The van der Waals surface area contributed by atoms with Crippen molar-refractivity contribution < 1.29 is 4.79 Å². The van der Waals surface area contributed by atoms with Crippen LogP contribution in [-0.4, -0.2) is 17.5 Å². The molecule has 0 aliphatic carbocycles. The van der Waals surface area contributed by atoms with E-state index in [4.69, 9.17) is 0 Å². The van der Waals surface area contributed by atoms with Crippen molar-refractivity contribution in [2.45, 2.75) is 60.0 Å². The van der Waals surface area contributed by atoms with Crippen LogP contribution >= 0.6 is 0 Å². The molecule has 1 heterocycles. The molecular weight excluding hydrogens is 382 g/mol. The minimum absolute atomic E-state index is 0.0769. The molecule has 0 atom stereocenters. The highest BCUT2D eigenvalue weighted by atomic mass is 16.1. The van der Waals surface area contributed by atoms with Gasteiger partial charge in [0.05, 0.1) is 5.54 Å². The van der Waals surface area contributed by atoms with Crippen LogP contribution in [-0.2, 0) is 4.79 Å². The first-order valence-corrected chi connectivity index (χ1v) is 10.7. The second-order valence-corrected chi connectivity index (χ2v) is 9.14. The van der Waals surface area contributed by atoms with Crippen molar-refractivity contribution in [3.05, 3.63) is 70.3 Å². The molecule has 1 aliphatic rings. The van der Waals surface area contributed by atoms with Crippen LogP contribution in [0.1, 0.15) is 56.9 Å². The summed E-state index contributed by atoms with van der Waals surface area (Å²) < 4.78 is 0. The predicted molar refractivity (Wildman–Crippen MR) is 130 cm³/mol. The molecule has 0 spiro atoms. The van der Waals surface area contributed by atoms with Gasteiger partial charge in [-0.1, -0.05) is 18.2 Å². The second-order valence-electron chi connectivity index (χ2n) is 9.14. The van der Waals surface area contributed by atoms with E-state index in [2.05, 4.69) is 69.1 Å². The first-order chi connectivity index (χ1) is 14.5. The third-order valence-electron chi connectivity index (χ3n) is 5.85. The van der Waals surface area contributed by atoms with Gasteiger partial charge in [0.25, 0.3) is 5.91 Å². The number of nitrogens with one attached hydrogen (secondary N) is 1. The normalized spacial score (nSPS) is 15.3. The molecule has 0 saturated heterocycles. The Labute approximate surface area is 185 Å². The zero-order chi connectivity index (χ0) is 22.9. The van der Waals surface area contributed by atoms with Gasteiger partial charge in [0, 0.05) is 23.0 Å². The Balaban J connectivity index is 1.94. The van der Waals surface area contributed by atoms with Crippen molar-refractivity contribution in [1.82, 2.24) is 0 Å². The van der Waals surface area contributed by atoms with Crippen LogP contribution in [0.3, 0.4) is 0 Å². The molecule has 0 bridgehead atoms. The summed E-state index contributed by atoms with van der Waals surface area (Å²) in [5.74, 6) is -0.402. The number of fused-ring (bicyclic) bond motifs is 1. The summed E-state index contributed by atoms with van der Waals surface area (Å²) in [4.78, 5) is 15.1. The second kappa shape index (κ2) is 8.43. The number of rotatable bonds is 4. The van der Waals surface area contributed by atoms with Crippen LogP contribution in [0, 0.1) is 25.2 Å². The van der Waals surface area contributed by atoms with E-state index < -0.39 is 5.91 Å². The average molecular weight is 414 g/mol. The number of nitriles is 1. The quantitative estimate of drug-likeness (QED) is 0.475. The zero-order valence-electron chi connectivity index (χ0n) is 19.5. The molecule has 2 aromatic rings. The Hall–Kier alpha value is -3.32. The van der Waals surface area contributed by atoms with E-state index in [1.807, 2.05) is 38.1 Å². The maximum absolute atomic E-state index is 12.7. The van der Waals surface area contributed by atoms with Crippen LogP contribution < -0.4 is 10.2 Å². The molecule has 0 unspecified atom stereocenters. The van der Waals surface area contributed by atoms with Gasteiger partial charge in [-0.2, -0.15) is 5.26 Å². The molecule has 1 N–H and O–H groups in total. The highest BCUT2D eigenvalue weighted by Gasteiger charge is 2.32. The topological polar surface area (TPSA) is 56.1 Å². The number of carbonyl (C=O) groups excluding carboxylic acids is 1. The highest BCUT2D eigenvalue weighted by molar-refractivity contribution is 6.09. The molecule has 31 heavy (non-hydrogen) atoms. The summed E-state index contributed by atoms with van der Waals surface area (Å²) in [6, 6.07) is 14.3. The molecule has 4 nitrogen and oxygen atoms in total. The van der Waals surface area contributed by atoms with Crippen molar-refractivity contribution >= 4 is 28.9 Å². The minimum atomic E-state index is -0.402. The number of nitrogens with zero attached hydrogens (tertiary/aromatic N) is 2. The standard InChI is InChI=1S/C27H31N3O/c1-17(2)30-25-11-9-21(14-24(25)20(5)15-27(30,6)7)13-22(16-28)26(31)29-23-10-8-18(3)19(4)12-23/h8-15,17H,1-7H3,(H,29,31)/b22-13-. The fourth-order valence-corrected chi connectivity index (χ4v) is 4.43. The van der Waals surface area contributed by atoms with E-state index in [1.54, 1.807) is 6.08 Å². The first-order valence-electron chi connectivity index (χ1n) is 10.7. The zero-order valence-corrected chi connectivity index (χ0v) is 19.5. The molecule has 1 amide bonds.